The van der Waals surface area contributed by atoms with Gasteiger partial charge in [-0.05, 0) is 62.0 Å². The van der Waals surface area contributed by atoms with Crippen LogP contribution in [-0.4, -0.2) is 58.8 Å². The van der Waals surface area contributed by atoms with Gasteiger partial charge >= 0.3 is 0 Å². The maximum Gasteiger partial charge on any atom is 0.255 e. The number of allylic oxidation sites excluding steroid dienone is 6. The fraction of sp³-hybridized carbons (Fsp3) is 0.280. The average molecular weight is 415 g/mol. The molecule has 4 heterocycles. The predicted molar refractivity (Wildman–Crippen MR) is 122 cm³/mol. The molecular weight excluding hydrogens is 388 g/mol. The highest BCUT2D eigenvalue weighted by molar-refractivity contribution is 6.00. The SMILES string of the molecule is Cc1nc2ccc(C3=C\C(=O)N4C=C(N5CC[C@H](N(C)C)C5)C=C\C4=C/C=C/3)cc2o1. The van der Waals surface area contributed by atoms with Crippen LogP contribution in [0.15, 0.2) is 76.7 Å². The van der Waals surface area contributed by atoms with Gasteiger partial charge in [-0.3, -0.25) is 9.69 Å². The summed E-state index contributed by atoms with van der Waals surface area (Å²) in [5.41, 5.74) is 5.26. The summed E-state index contributed by atoms with van der Waals surface area (Å²) in [6.07, 6.45) is 14.8. The highest BCUT2D eigenvalue weighted by Crippen LogP contribution is 2.28. The molecule has 0 aliphatic carbocycles. The van der Waals surface area contributed by atoms with E-state index in [-0.39, 0.29) is 5.91 Å². The lowest BCUT2D eigenvalue weighted by molar-refractivity contribution is -0.122. The Balaban J connectivity index is 1.44. The Hall–Kier alpha value is -3.38. The van der Waals surface area contributed by atoms with Crippen LogP contribution in [0.3, 0.4) is 0 Å². The van der Waals surface area contributed by atoms with Gasteiger partial charge in [0.15, 0.2) is 11.5 Å². The van der Waals surface area contributed by atoms with Gasteiger partial charge < -0.3 is 14.2 Å². The van der Waals surface area contributed by atoms with Gasteiger partial charge in [-0.15, -0.1) is 0 Å². The van der Waals surface area contributed by atoms with E-state index in [2.05, 4.69) is 35.0 Å². The summed E-state index contributed by atoms with van der Waals surface area (Å²) in [4.78, 5) is 23.9. The van der Waals surface area contributed by atoms with Crippen LogP contribution in [0, 0.1) is 6.92 Å². The lowest BCUT2D eigenvalue weighted by atomic mass is 10.0. The number of amides is 1. The first-order valence-corrected chi connectivity index (χ1v) is 10.6. The zero-order valence-corrected chi connectivity index (χ0v) is 18.1. The van der Waals surface area contributed by atoms with E-state index in [1.807, 2.05) is 55.6 Å². The van der Waals surface area contributed by atoms with Gasteiger partial charge in [-0.1, -0.05) is 18.2 Å². The summed E-state index contributed by atoms with van der Waals surface area (Å²) >= 11 is 0. The minimum absolute atomic E-state index is 0.0651. The number of fused-ring (bicyclic) bond motifs is 2. The quantitative estimate of drug-likeness (QED) is 0.764. The molecule has 2 aromatic rings. The standard InChI is InChI=1S/C25H26N4O2/c1-17-26-23-10-7-19(13-24(23)31-17)18-5-4-6-20-8-9-22(16-29(20)25(30)14-18)28-12-11-21(15-28)27(2)3/h4-10,13-14,16,21H,11-12,15H2,1-3H3/b5-4+,18-14+,20-6+/t21-/m0/s1. The second-order valence-electron chi connectivity index (χ2n) is 8.41. The summed E-state index contributed by atoms with van der Waals surface area (Å²) in [6.45, 7) is 3.80. The van der Waals surface area contributed by atoms with Crippen LogP contribution in [0.25, 0.3) is 16.7 Å². The molecule has 0 saturated carbocycles. The second kappa shape index (κ2) is 7.71. The van der Waals surface area contributed by atoms with E-state index in [0.717, 1.165) is 53.1 Å². The van der Waals surface area contributed by atoms with Crippen LogP contribution in [0.4, 0.5) is 0 Å². The molecule has 1 saturated heterocycles. The van der Waals surface area contributed by atoms with Gasteiger partial charge in [-0.25, -0.2) is 4.98 Å². The molecule has 6 nitrogen and oxygen atoms in total. The summed E-state index contributed by atoms with van der Waals surface area (Å²) in [7, 11) is 4.25. The lowest BCUT2D eigenvalue weighted by Gasteiger charge is -2.29. The summed E-state index contributed by atoms with van der Waals surface area (Å²) in [6, 6.07) is 6.38. The van der Waals surface area contributed by atoms with Gasteiger partial charge in [-0.2, -0.15) is 0 Å². The van der Waals surface area contributed by atoms with E-state index in [1.54, 1.807) is 11.0 Å². The predicted octanol–water partition coefficient (Wildman–Crippen LogP) is 3.85. The topological polar surface area (TPSA) is 52.8 Å². The molecule has 1 aromatic carbocycles. The highest BCUT2D eigenvalue weighted by atomic mass is 16.3. The van der Waals surface area contributed by atoms with Crippen LogP contribution >= 0.6 is 0 Å². The van der Waals surface area contributed by atoms with Crippen LogP contribution in [0.1, 0.15) is 17.9 Å². The first kappa shape index (κ1) is 19.6. The molecule has 1 aromatic heterocycles. The van der Waals surface area contributed by atoms with Crippen molar-refractivity contribution in [1.29, 1.82) is 0 Å². The Morgan fingerprint density at radius 1 is 1.16 bits per heavy atom. The molecule has 0 unspecified atom stereocenters. The number of benzene rings is 1. The molecular formula is C25H26N4O2. The highest BCUT2D eigenvalue weighted by Gasteiger charge is 2.27. The van der Waals surface area contributed by atoms with E-state index < -0.39 is 0 Å². The van der Waals surface area contributed by atoms with Crippen molar-refractivity contribution in [2.24, 2.45) is 0 Å². The zero-order chi connectivity index (χ0) is 21.5. The number of carbonyl (C=O) groups is 1. The molecule has 31 heavy (non-hydrogen) atoms. The van der Waals surface area contributed by atoms with Crippen molar-refractivity contribution in [3.05, 3.63) is 83.7 Å². The molecule has 1 atom stereocenters. The van der Waals surface area contributed by atoms with Crippen LogP contribution in [-0.2, 0) is 4.79 Å². The van der Waals surface area contributed by atoms with Crippen molar-refractivity contribution >= 4 is 22.6 Å². The Kier molecular flexibility index (Phi) is 4.87. The summed E-state index contributed by atoms with van der Waals surface area (Å²) in [5.74, 6) is 0.568. The third-order valence-corrected chi connectivity index (χ3v) is 6.11. The largest absolute Gasteiger partial charge is 0.441 e. The van der Waals surface area contributed by atoms with Crippen molar-refractivity contribution < 1.29 is 9.21 Å². The monoisotopic (exact) mass is 414 g/mol. The van der Waals surface area contributed by atoms with Crippen molar-refractivity contribution in [3.63, 3.8) is 0 Å². The van der Waals surface area contributed by atoms with Crippen molar-refractivity contribution in [3.8, 4) is 0 Å². The first-order chi connectivity index (χ1) is 15.0. The average Bonchev–Trinajstić information content (AvgIpc) is 3.37. The molecule has 0 bridgehead atoms. The van der Waals surface area contributed by atoms with E-state index in [9.17, 15) is 4.79 Å². The Morgan fingerprint density at radius 2 is 2.00 bits per heavy atom. The molecule has 3 aliphatic rings. The van der Waals surface area contributed by atoms with Gasteiger partial charge in [0.25, 0.3) is 5.91 Å². The fourth-order valence-electron chi connectivity index (χ4n) is 4.31. The van der Waals surface area contributed by atoms with E-state index in [4.69, 9.17) is 4.42 Å². The number of rotatable bonds is 3. The molecule has 6 heteroatoms. The molecule has 1 amide bonds. The van der Waals surface area contributed by atoms with Crippen LogP contribution in [0.2, 0.25) is 0 Å². The van der Waals surface area contributed by atoms with E-state index in [1.165, 1.54) is 0 Å². The lowest BCUT2D eigenvalue weighted by Crippen LogP contribution is -2.33. The van der Waals surface area contributed by atoms with Crippen molar-refractivity contribution in [1.82, 2.24) is 19.7 Å². The minimum Gasteiger partial charge on any atom is -0.441 e. The van der Waals surface area contributed by atoms with E-state index in [0.29, 0.717) is 11.9 Å². The summed E-state index contributed by atoms with van der Waals surface area (Å²) < 4.78 is 5.67. The maximum atomic E-state index is 13.2. The minimum atomic E-state index is -0.0651. The zero-order valence-electron chi connectivity index (χ0n) is 18.1. The summed E-state index contributed by atoms with van der Waals surface area (Å²) in [5, 5.41) is 0. The number of likely N-dealkylation sites (N-methyl/N-ethyl adjacent to an activating group) is 1. The molecule has 0 N–H and O–H groups in total. The molecule has 3 aliphatic heterocycles. The van der Waals surface area contributed by atoms with Crippen molar-refractivity contribution in [2.75, 3.05) is 27.2 Å². The van der Waals surface area contributed by atoms with Crippen molar-refractivity contribution in [2.45, 2.75) is 19.4 Å². The third kappa shape index (κ3) is 3.75. The number of hydrogen-bond donors (Lipinski definition) is 0. The number of aromatic nitrogens is 1. The number of hydrogen-bond acceptors (Lipinski definition) is 5. The van der Waals surface area contributed by atoms with Crippen LogP contribution < -0.4 is 0 Å². The second-order valence-corrected chi connectivity index (χ2v) is 8.41. The Morgan fingerprint density at radius 3 is 2.81 bits per heavy atom. The molecule has 0 radical (unpaired) electrons. The Bertz CT molecular complexity index is 1200. The first-order valence-electron chi connectivity index (χ1n) is 10.6. The van der Waals surface area contributed by atoms with Crippen LogP contribution in [0.5, 0.6) is 0 Å². The van der Waals surface area contributed by atoms with E-state index >= 15 is 0 Å². The van der Waals surface area contributed by atoms with Gasteiger partial charge in [0.1, 0.15) is 5.52 Å². The third-order valence-electron chi connectivity index (χ3n) is 6.11. The number of likely N-dealkylation sites (tertiary alicyclic amines) is 1. The smallest absolute Gasteiger partial charge is 0.255 e. The number of nitrogens with zero attached hydrogens (tertiary/aromatic N) is 4. The normalized spacial score (nSPS) is 25.6. The number of oxazole rings is 1. The molecule has 0 spiro atoms. The van der Waals surface area contributed by atoms with Gasteiger partial charge in [0.05, 0.1) is 5.70 Å². The van der Waals surface area contributed by atoms with Gasteiger partial charge in [0, 0.05) is 44.0 Å². The molecule has 5 rings (SSSR count). The fourth-order valence-corrected chi connectivity index (χ4v) is 4.31. The molecule has 158 valence electrons. The Labute approximate surface area is 182 Å². The number of carbonyl (C=O) groups excluding carboxylic acids is 1. The molecule has 1 fully saturated rings. The maximum absolute atomic E-state index is 13.2. The van der Waals surface area contributed by atoms with Gasteiger partial charge in [0.2, 0.25) is 0 Å². The number of aryl methyl sites for hydroxylation is 1.